The van der Waals surface area contributed by atoms with E-state index in [-0.39, 0.29) is 24.0 Å². The summed E-state index contributed by atoms with van der Waals surface area (Å²) in [5, 5.41) is 3.14. The molecule has 0 saturated heterocycles. The maximum Gasteiger partial charge on any atom is 0.218 e. The van der Waals surface area contributed by atoms with Gasteiger partial charge >= 0.3 is 0 Å². The summed E-state index contributed by atoms with van der Waals surface area (Å²) < 4.78 is 5.67. The highest BCUT2D eigenvalue weighted by Crippen LogP contribution is 2.15. The lowest BCUT2D eigenvalue weighted by Crippen LogP contribution is -2.38. The third-order valence-corrected chi connectivity index (χ3v) is 3.01. The van der Waals surface area contributed by atoms with Crippen LogP contribution in [0.1, 0.15) is 45.6 Å². The van der Waals surface area contributed by atoms with Gasteiger partial charge < -0.3 is 15.8 Å². The van der Waals surface area contributed by atoms with Crippen molar-refractivity contribution in [3.63, 3.8) is 0 Å². The van der Waals surface area contributed by atoms with E-state index in [4.69, 9.17) is 10.5 Å². The molecule has 1 unspecified atom stereocenters. The number of hydrogen-bond acceptors (Lipinski definition) is 3. The SMILES string of the molecule is CCCCOc1ncccc1CN=C(N)NC(C)CC.I. The first kappa shape index (κ1) is 19.9. The first-order valence-electron chi connectivity index (χ1n) is 7.30. The van der Waals surface area contributed by atoms with Crippen molar-refractivity contribution in [3.8, 4) is 5.88 Å². The van der Waals surface area contributed by atoms with Crippen LogP contribution in [0.2, 0.25) is 0 Å². The highest BCUT2D eigenvalue weighted by Gasteiger charge is 2.05. The molecule has 0 bridgehead atoms. The molecule has 0 saturated carbocycles. The van der Waals surface area contributed by atoms with Gasteiger partial charge in [-0.15, -0.1) is 24.0 Å². The Hall–Kier alpha value is -1.05. The number of guanidine groups is 1. The lowest BCUT2D eigenvalue weighted by Gasteiger charge is -2.12. The predicted molar refractivity (Wildman–Crippen MR) is 98.3 cm³/mol. The van der Waals surface area contributed by atoms with E-state index in [1.54, 1.807) is 6.20 Å². The smallest absolute Gasteiger partial charge is 0.218 e. The molecule has 1 heterocycles. The van der Waals surface area contributed by atoms with Crippen LogP contribution in [0.5, 0.6) is 5.88 Å². The normalized spacial score (nSPS) is 12.4. The number of aromatic nitrogens is 1. The Kier molecular flexibility index (Phi) is 11.0. The van der Waals surface area contributed by atoms with Crippen LogP contribution in [0.4, 0.5) is 0 Å². The van der Waals surface area contributed by atoms with Crippen molar-refractivity contribution in [2.45, 2.75) is 52.6 Å². The van der Waals surface area contributed by atoms with Gasteiger partial charge in [0.05, 0.1) is 13.2 Å². The Bertz CT molecular complexity index is 426. The first-order chi connectivity index (χ1) is 9.67. The van der Waals surface area contributed by atoms with Gasteiger partial charge in [-0.3, -0.25) is 0 Å². The van der Waals surface area contributed by atoms with Gasteiger partial charge in [-0.2, -0.15) is 0 Å². The van der Waals surface area contributed by atoms with Gasteiger partial charge in [0.1, 0.15) is 0 Å². The van der Waals surface area contributed by atoms with Crippen LogP contribution in [0.3, 0.4) is 0 Å². The molecule has 120 valence electrons. The molecule has 1 aromatic heterocycles. The number of rotatable bonds is 8. The van der Waals surface area contributed by atoms with Crippen molar-refractivity contribution < 1.29 is 4.74 Å². The molecule has 1 rings (SSSR count). The average molecular weight is 406 g/mol. The van der Waals surface area contributed by atoms with Crippen molar-refractivity contribution in [2.24, 2.45) is 10.7 Å². The quantitative estimate of drug-likeness (QED) is 0.301. The Morgan fingerprint density at radius 1 is 1.48 bits per heavy atom. The van der Waals surface area contributed by atoms with E-state index in [0.29, 0.717) is 31.0 Å². The van der Waals surface area contributed by atoms with Gasteiger partial charge in [-0.1, -0.05) is 26.3 Å². The van der Waals surface area contributed by atoms with Crippen molar-refractivity contribution in [3.05, 3.63) is 23.9 Å². The second-order valence-corrected chi connectivity index (χ2v) is 4.82. The van der Waals surface area contributed by atoms with E-state index in [1.165, 1.54) is 0 Å². The fourth-order valence-corrected chi connectivity index (χ4v) is 1.56. The molecule has 0 aliphatic rings. The van der Waals surface area contributed by atoms with E-state index < -0.39 is 0 Å². The van der Waals surface area contributed by atoms with E-state index in [0.717, 1.165) is 24.8 Å². The topological polar surface area (TPSA) is 72.5 Å². The predicted octanol–water partition coefficient (Wildman–Crippen LogP) is 3.08. The molecule has 0 aromatic carbocycles. The number of hydrogen-bond donors (Lipinski definition) is 2. The monoisotopic (exact) mass is 406 g/mol. The van der Waals surface area contributed by atoms with Crippen molar-refractivity contribution in [1.82, 2.24) is 10.3 Å². The van der Waals surface area contributed by atoms with Gasteiger partial charge in [-0.25, -0.2) is 9.98 Å². The molecule has 1 atom stereocenters. The molecule has 5 nitrogen and oxygen atoms in total. The van der Waals surface area contributed by atoms with Crippen LogP contribution in [0.25, 0.3) is 0 Å². The zero-order valence-electron chi connectivity index (χ0n) is 13.1. The second kappa shape index (κ2) is 11.6. The molecule has 3 N–H and O–H groups in total. The number of nitrogens with one attached hydrogen (secondary N) is 1. The maximum atomic E-state index is 5.85. The lowest BCUT2D eigenvalue weighted by molar-refractivity contribution is 0.294. The number of unbranched alkanes of at least 4 members (excludes halogenated alkanes) is 1. The Morgan fingerprint density at radius 3 is 2.90 bits per heavy atom. The second-order valence-electron chi connectivity index (χ2n) is 4.82. The number of aliphatic imine (C=N–C) groups is 1. The van der Waals surface area contributed by atoms with Crippen LogP contribution in [-0.2, 0) is 6.54 Å². The standard InChI is InChI=1S/C15H26N4O.HI/c1-4-6-10-20-14-13(8-7-9-17-14)11-18-15(16)19-12(3)5-2;/h7-9,12H,4-6,10-11H2,1-3H3,(H3,16,18,19);1H. The molecule has 0 fully saturated rings. The van der Waals surface area contributed by atoms with Crippen LogP contribution in [-0.4, -0.2) is 23.6 Å². The van der Waals surface area contributed by atoms with E-state index in [1.807, 2.05) is 12.1 Å². The number of nitrogens with zero attached hydrogens (tertiary/aromatic N) is 2. The Morgan fingerprint density at radius 2 is 2.24 bits per heavy atom. The zero-order valence-corrected chi connectivity index (χ0v) is 15.5. The minimum absolute atomic E-state index is 0. The number of halogens is 1. The summed E-state index contributed by atoms with van der Waals surface area (Å²) in [6.07, 6.45) is 4.87. The van der Waals surface area contributed by atoms with Crippen LogP contribution in [0, 0.1) is 0 Å². The van der Waals surface area contributed by atoms with Gasteiger partial charge in [0, 0.05) is 17.8 Å². The van der Waals surface area contributed by atoms with Gasteiger partial charge in [-0.05, 0) is 25.8 Å². The number of pyridine rings is 1. The highest BCUT2D eigenvalue weighted by atomic mass is 127. The Labute approximate surface area is 144 Å². The van der Waals surface area contributed by atoms with Crippen LogP contribution >= 0.6 is 24.0 Å². The molecule has 0 radical (unpaired) electrons. The highest BCUT2D eigenvalue weighted by molar-refractivity contribution is 14.0. The summed E-state index contributed by atoms with van der Waals surface area (Å²) in [6, 6.07) is 4.18. The molecule has 1 aromatic rings. The summed E-state index contributed by atoms with van der Waals surface area (Å²) in [4.78, 5) is 8.59. The van der Waals surface area contributed by atoms with E-state index in [9.17, 15) is 0 Å². The summed E-state index contributed by atoms with van der Waals surface area (Å²) in [7, 11) is 0. The van der Waals surface area contributed by atoms with Crippen LogP contribution in [0.15, 0.2) is 23.3 Å². The van der Waals surface area contributed by atoms with Crippen molar-refractivity contribution in [1.29, 1.82) is 0 Å². The largest absolute Gasteiger partial charge is 0.477 e. The summed E-state index contributed by atoms with van der Waals surface area (Å²) >= 11 is 0. The number of nitrogens with two attached hydrogens (primary N) is 1. The minimum atomic E-state index is 0. The third kappa shape index (κ3) is 8.08. The van der Waals surface area contributed by atoms with Gasteiger partial charge in [0.25, 0.3) is 0 Å². The van der Waals surface area contributed by atoms with Gasteiger partial charge in [0.2, 0.25) is 5.88 Å². The molecule has 0 aliphatic carbocycles. The molecule has 0 spiro atoms. The zero-order chi connectivity index (χ0) is 14.8. The van der Waals surface area contributed by atoms with Crippen LogP contribution < -0.4 is 15.8 Å². The third-order valence-electron chi connectivity index (χ3n) is 3.01. The fourth-order valence-electron chi connectivity index (χ4n) is 1.56. The van der Waals surface area contributed by atoms with Crippen molar-refractivity contribution >= 4 is 29.9 Å². The van der Waals surface area contributed by atoms with Gasteiger partial charge in [0.15, 0.2) is 5.96 Å². The van der Waals surface area contributed by atoms with E-state index >= 15 is 0 Å². The summed E-state index contributed by atoms with van der Waals surface area (Å²) in [6.45, 7) is 7.47. The molecular weight excluding hydrogens is 379 g/mol. The first-order valence-corrected chi connectivity index (χ1v) is 7.30. The molecular formula is C15H27IN4O. The molecule has 0 amide bonds. The van der Waals surface area contributed by atoms with E-state index in [2.05, 4.69) is 36.1 Å². The molecule has 0 aliphatic heterocycles. The number of ether oxygens (including phenoxy) is 1. The summed E-state index contributed by atoms with van der Waals surface area (Å²) in [5.41, 5.74) is 6.80. The molecule has 6 heteroatoms. The maximum absolute atomic E-state index is 5.85. The lowest BCUT2D eigenvalue weighted by atomic mass is 10.2. The fraction of sp³-hybridized carbons (Fsp3) is 0.600. The summed E-state index contributed by atoms with van der Waals surface area (Å²) in [5.74, 6) is 1.11. The van der Waals surface area contributed by atoms with Crippen molar-refractivity contribution in [2.75, 3.05) is 6.61 Å². The average Bonchev–Trinajstić information content (AvgIpc) is 2.46. The Balaban J connectivity index is 0.00000400. The minimum Gasteiger partial charge on any atom is -0.477 e. The molecule has 21 heavy (non-hydrogen) atoms.